The molecule has 0 aliphatic heterocycles. The number of hydrogen-bond acceptors (Lipinski definition) is 6. The number of rotatable bonds is 4. The van der Waals surface area contributed by atoms with Crippen molar-refractivity contribution in [2.45, 2.75) is 6.92 Å². The van der Waals surface area contributed by atoms with E-state index in [0.29, 0.717) is 6.54 Å². The Morgan fingerprint density at radius 1 is 1.33 bits per heavy atom. The first-order chi connectivity index (χ1) is 6.99. The van der Waals surface area contributed by atoms with Gasteiger partial charge in [-0.2, -0.15) is 0 Å². The van der Waals surface area contributed by atoms with E-state index in [2.05, 4.69) is 21.2 Å². The van der Waals surface area contributed by atoms with Gasteiger partial charge in [-0.15, -0.1) is 0 Å². The third-order valence-corrected chi connectivity index (χ3v) is 3.30. The fourth-order valence-corrected chi connectivity index (χ4v) is 2.74. The minimum atomic E-state index is -0.764. The van der Waals surface area contributed by atoms with Gasteiger partial charge in [0.25, 0.3) is 0 Å². The summed E-state index contributed by atoms with van der Waals surface area (Å²) in [5.41, 5.74) is -0.986. The Labute approximate surface area is 96.5 Å². The molecule has 0 bridgehead atoms. The second kappa shape index (κ2) is 4.53. The molecule has 1 rings (SSSR count). The van der Waals surface area contributed by atoms with Gasteiger partial charge in [0.1, 0.15) is 0 Å². The summed E-state index contributed by atoms with van der Waals surface area (Å²) in [7, 11) is 0. The average molecular weight is 296 g/mol. The predicted octanol–water partition coefficient (Wildman–Crippen LogP) is 2.76. The van der Waals surface area contributed by atoms with Crippen molar-refractivity contribution in [3.63, 3.8) is 0 Å². The zero-order chi connectivity index (χ0) is 11.6. The molecule has 0 unspecified atom stereocenters. The lowest BCUT2D eigenvalue weighted by Gasteiger charge is -1.96. The van der Waals surface area contributed by atoms with E-state index in [9.17, 15) is 20.2 Å². The van der Waals surface area contributed by atoms with Crippen molar-refractivity contribution < 1.29 is 9.85 Å². The summed E-state index contributed by atoms with van der Waals surface area (Å²) in [6.45, 7) is 2.22. The van der Waals surface area contributed by atoms with E-state index in [1.807, 2.05) is 0 Å². The molecule has 82 valence electrons. The largest absolute Gasteiger partial charge is 0.381 e. The van der Waals surface area contributed by atoms with Crippen molar-refractivity contribution in [1.82, 2.24) is 0 Å². The van der Waals surface area contributed by atoms with Crippen LogP contribution in [-0.4, -0.2) is 16.4 Å². The van der Waals surface area contributed by atoms with Crippen molar-refractivity contribution in [3.05, 3.63) is 24.0 Å². The maximum Gasteiger partial charge on any atom is 0.381 e. The van der Waals surface area contributed by atoms with Crippen LogP contribution in [0.1, 0.15) is 6.92 Å². The van der Waals surface area contributed by atoms with Crippen LogP contribution in [0.15, 0.2) is 3.79 Å². The third kappa shape index (κ3) is 2.23. The monoisotopic (exact) mass is 295 g/mol. The average Bonchev–Trinajstić information content (AvgIpc) is 2.42. The third-order valence-electron chi connectivity index (χ3n) is 1.52. The number of halogens is 1. The first-order valence-electron chi connectivity index (χ1n) is 3.84. The van der Waals surface area contributed by atoms with Crippen LogP contribution in [-0.2, 0) is 0 Å². The lowest BCUT2D eigenvalue weighted by Crippen LogP contribution is -1.99. The van der Waals surface area contributed by atoms with E-state index in [0.717, 1.165) is 11.3 Å². The first kappa shape index (κ1) is 11.9. The van der Waals surface area contributed by atoms with Gasteiger partial charge in [-0.1, -0.05) is 11.3 Å². The zero-order valence-corrected chi connectivity index (χ0v) is 9.92. The molecule has 1 aromatic heterocycles. The van der Waals surface area contributed by atoms with Crippen molar-refractivity contribution >= 4 is 43.6 Å². The van der Waals surface area contributed by atoms with Crippen LogP contribution < -0.4 is 5.32 Å². The van der Waals surface area contributed by atoms with Crippen LogP contribution in [0.4, 0.5) is 16.4 Å². The van der Waals surface area contributed by atoms with Crippen molar-refractivity contribution in [2.24, 2.45) is 0 Å². The Kier molecular flexibility index (Phi) is 3.58. The van der Waals surface area contributed by atoms with E-state index < -0.39 is 21.2 Å². The van der Waals surface area contributed by atoms with Gasteiger partial charge in [0.15, 0.2) is 8.79 Å². The van der Waals surface area contributed by atoms with Gasteiger partial charge in [-0.3, -0.25) is 20.2 Å². The lowest BCUT2D eigenvalue weighted by atomic mass is 10.4. The van der Waals surface area contributed by atoms with Gasteiger partial charge in [0.05, 0.1) is 9.85 Å². The summed E-state index contributed by atoms with van der Waals surface area (Å²) in [6.07, 6.45) is 0. The molecule has 0 fully saturated rings. The van der Waals surface area contributed by atoms with Crippen molar-refractivity contribution in [1.29, 1.82) is 0 Å². The van der Waals surface area contributed by atoms with E-state index in [1.165, 1.54) is 0 Å². The number of thiophene rings is 1. The Bertz CT molecular complexity index is 419. The topological polar surface area (TPSA) is 98.3 Å². The molecular weight excluding hydrogens is 290 g/mol. The minimum Gasteiger partial charge on any atom is -0.371 e. The van der Waals surface area contributed by atoms with E-state index in [4.69, 9.17) is 0 Å². The number of nitrogens with one attached hydrogen (secondary N) is 1. The molecule has 0 saturated heterocycles. The van der Waals surface area contributed by atoms with Gasteiger partial charge >= 0.3 is 11.4 Å². The van der Waals surface area contributed by atoms with Crippen LogP contribution >= 0.6 is 27.3 Å². The Morgan fingerprint density at radius 2 is 1.87 bits per heavy atom. The molecule has 0 aliphatic carbocycles. The highest BCUT2D eigenvalue weighted by Gasteiger charge is 2.35. The zero-order valence-electron chi connectivity index (χ0n) is 7.52. The smallest absolute Gasteiger partial charge is 0.371 e. The molecule has 1 heterocycles. The molecular formula is C6H6BrN3O4S. The summed E-state index contributed by atoms with van der Waals surface area (Å²) < 4.78 is 0.148. The fraction of sp³-hybridized carbons (Fsp3) is 0.333. The van der Waals surface area contributed by atoms with Crippen LogP contribution in [0.3, 0.4) is 0 Å². The number of nitrogens with zero attached hydrogens (tertiary/aromatic N) is 2. The second-order valence-corrected chi connectivity index (χ2v) is 4.79. The van der Waals surface area contributed by atoms with Crippen LogP contribution in [0.2, 0.25) is 0 Å². The minimum absolute atomic E-state index is 0.148. The summed E-state index contributed by atoms with van der Waals surface area (Å²) >= 11 is 3.88. The SMILES string of the molecule is CCNc1sc(Br)c([N+](=O)[O-])c1[N+](=O)[O-]. The van der Waals surface area contributed by atoms with Crippen LogP contribution in [0.25, 0.3) is 0 Å². The second-order valence-electron chi connectivity index (χ2n) is 2.45. The highest BCUT2D eigenvalue weighted by molar-refractivity contribution is 9.11. The Balaban J connectivity index is 3.37. The molecule has 0 atom stereocenters. The number of hydrogen-bond donors (Lipinski definition) is 1. The molecule has 0 aliphatic rings. The summed E-state index contributed by atoms with van der Waals surface area (Å²) in [5, 5.41) is 24.2. The molecule has 0 radical (unpaired) electrons. The maximum atomic E-state index is 10.7. The summed E-state index contributed by atoms with van der Waals surface area (Å²) in [4.78, 5) is 19.8. The quantitative estimate of drug-likeness (QED) is 0.680. The summed E-state index contributed by atoms with van der Waals surface area (Å²) in [5.74, 6) is 0. The maximum absolute atomic E-state index is 10.7. The van der Waals surface area contributed by atoms with E-state index >= 15 is 0 Å². The highest BCUT2D eigenvalue weighted by atomic mass is 79.9. The standard InChI is InChI=1S/C6H6BrN3O4S/c1-2-8-6-4(10(13)14)3(9(11)12)5(7)15-6/h8H,2H2,1H3. The molecule has 0 amide bonds. The van der Waals surface area contributed by atoms with Crippen LogP contribution in [0, 0.1) is 20.2 Å². The molecule has 7 nitrogen and oxygen atoms in total. The normalized spacial score (nSPS) is 10.0. The molecule has 0 aromatic carbocycles. The van der Waals surface area contributed by atoms with Gasteiger partial charge in [0.2, 0.25) is 0 Å². The molecule has 1 N–H and O–H groups in total. The Morgan fingerprint density at radius 3 is 2.27 bits per heavy atom. The fourth-order valence-electron chi connectivity index (χ4n) is 0.995. The van der Waals surface area contributed by atoms with Crippen molar-refractivity contribution in [2.75, 3.05) is 11.9 Å². The first-order valence-corrected chi connectivity index (χ1v) is 5.44. The number of anilines is 1. The van der Waals surface area contributed by atoms with Gasteiger partial charge in [0, 0.05) is 6.54 Å². The Hall–Kier alpha value is -1.22. The van der Waals surface area contributed by atoms with Gasteiger partial charge < -0.3 is 5.32 Å². The molecule has 0 spiro atoms. The van der Waals surface area contributed by atoms with E-state index in [1.54, 1.807) is 6.92 Å². The molecule has 1 aromatic rings. The molecule has 0 saturated carbocycles. The van der Waals surface area contributed by atoms with Gasteiger partial charge in [-0.05, 0) is 22.9 Å². The lowest BCUT2D eigenvalue weighted by molar-refractivity contribution is -0.421. The predicted molar refractivity (Wildman–Crippen MR) is 59.5 cm³/mol. The molecule has 15 heavy (non-hydrogen) atoms. The van der Waals surface area contributed by atoms with Crippen molar-refractivity contribution in [3.8, 4) is 0 Å². The molecule has 9 heteroatoms. The van der Waals surface area contributed by atoms with Gasteiger partial charge in [-0.25, -0.2) is 0 Å². The van der Waals surface area contributed by atoms with E-state index in [-0.39, 0.29) is 8.79 Å². The number of nitro groups is 2. The summed E-state index contributed by atoms with van der Waals surface area (Å²) in [6, 6.07) is 0. The highest BCUT2D eigenvalue weighted by Crippen LogP contribution is 2.47. The van der Waals surface area contributed by atoms with Crippen LogP contribution in [0.5, 0.6) is 0 Å².